The molecule has 3 aliphatic carbocycles. The molecule has 0 saturated carbocycles. The first kappa shape index (κ1) is 76.3. The summed E-state index contributed by atoms with van der Waals surface area (Å²) in [5.41, 5.74) is 22.2. The summed E-state index contributed by atoms with van der Waals surface area (Å²) in [4.78, 5) is 5.78. The van der Waals surface area contributed by atoms with E-state index in [2.05, 4.69) is 91.8 Å². The van der Waals surface area contributed by atoms with E-state index in [-0.39, 0.29) is 16.2 Å². The van der Waals surface area contributed by atoms with Crippen molar-refractivity contribution in [2.75, 3.05) is 0 Å². The monoisotopic (exact) mass is 1390 g/mol. The number of fused-ring (bicyclic) bond motifs is 13. The molecule has 7 aromatic rings. The van der Waals surface area contributed by atoms with E-state index in [0.717, 1.165) is 16.6 Å². The highest BCUT2D eigenvalue weighted by Crippen LogP contribution is 2.64. The third-order valence-corrected chi connectivity index (χ3v) is 27.7. The lowest BCUT2D eigenvalue weighted by Crippen LogP contribution is -2.27. The van der Waals surface area contributed by atoms with E-state index in [4.69, 9.17) is 17.5 Å². The van der Waals surface area contributed by atoms with Crippen molar-refractivity contribution in [3.8, 4) is 42.4 Å². The van der Waals surface area contributed by atoms with Gasteiger partial charge >= 0.3 is 0 Å². The van der Waals surface area contributed by atoms with Crippen LogP contribution < -0.4 is 0 Å². The van der Waals surface area contributed by atoms with Crippen LogP contribution in [0.5, 0.6) is 0 Å². The summed E-state index contributed by atoms with van der Waals surface area (Å²) < 4.78 is 21.5. The Balaban J connectivity index is 1.03. The van der Waals surface area contributed by atoms with Crippen LogP contribution >= 0.6 is 46.1 Å². The third-order valence-electron chi connectivity index (χ3n) is 24.3. The minimum atomic E-state index is -0.138. The molecule has 8 heteroatoms. The van der Waals surface area contributed by atoms with Gasteiger partial charge in [0.25, 0.3) is 0 Å². The summed E-state index contributed by atoms with van der Waals surface area (Å²) in [6.07, 6.45) is 70.8. The Morgan fingerprint density at radius 3 is 0.938 bits per heavy atom. The Bertz CT molecular complexity index is 3400. The quantitative estimate of drug-likeness (QED) is 0.0357. The fraction of sp³-hybridized carbons (Fsp3) is 0.708. The largest absolute Gasteiger partial charge is 0.173 e. The van der Waals surface area contributed by atoms with Crippen LogP contribution in [0.1, 0.15) is 419 Å². The molecule has 0 atom stereocenters. The third kappa shape index (κ3) is 18.9. The Kier molecular flexibility index (Phi) is 31.0. The lowest BCUT2D eigenvalue weighted by molar-refractivity contribution is 0.393. The number of aromatic nitrogens is 4. The minimum Gasteiger partial charge on any atom is -0.173 e. The average Bonchev–Trinajstić information content (AvgIpc) is 1.52. The SMILES string of the molecule is CCCCCCCCCCCCCCC1(CCCCCCCCCCCCCC)c2cc3c(cc2-c2c1cc(C)c1nsnc21)C(CCCCCCCCCCCCCC)(CCCCCCCCCCCCCC)c1cc(-c2cc4c(s2)-c2sc(C)cc2C4(C)C)c2nsnc2c1-3. The van der Waals surface area contributed by atoms with E-state index in [1.54, 1.807) is 22.3 Å². The van der Waals surface area contributed by atoms with Gasteiger partial charge < -0.3 is 0 Å². The van der Waals surface area contributed by atoms with Gasteiger partial charge in [-0.25, -0.2) is 0 Å². The van der Waals surface area contributed by atoms with Gasteiger partial charge in [-0.2, -0.15) is 17.5 Å². The molecule has 0 N–H and O–H groups in total. The summed E-state index contributed by atoms with van der Waals surface area (Å²) in [5.74, 6) is 0. The molecule has 0 spiro atoms. The first-order chi connectivity index (χ1) is 47.6. The molecule has 10 rings (SSSR count). The van der Waals surface area contributed by atoms with Crippen molar-refractivity contribution in [3.05, 3.63) is 80.2 Å². The van der Waals surface area contributed by atoms with Gasteiger partial charge in [0, 0.05) is 52.4 Å². The van der Waals surface area contributed by atoms with E-state index >= 15 is 0 Å². The zero-order valence-corrected chi connectivity index (χ0v) is 66.4. The molecule has 97 heavy (non-hydrogen) atoms. The van der Waals surface area contributed by atoms with Crippen LogP contribution in [0, 0.1) is 13.8 Å². The number of hydrogen-bond acceptors (Lipinski definition) is 8. The number of hydrogen-bond donors (Lipinski definition) is 0. The topological polar surface area (TPSA) is 51.6 Å². The highest BCUT2D eigenvalue weighted by Gasteiger charge is 2.50. The van der Waals surface area contributed by atoms with Crippen molar-refractivity contribution in [2.24, 2.45) is 0 Å². The fourth-order valence-electron chi connectivity index (χ4n) is 18.5. The van der Waals surface area contributed by atoms with Crippen LogP contribution in [0.2, 0.25) is 0 Å². The molecular formula is C89H134N4S4. The molecule has 3 aromatic carbocycles. The van der Waals surface area contributed by atoms with Crippen LogP contribution in [0.15, 0.2) is 36.4 Å². The zero-order chi connectivity index (χ0) is 67.7. The maximum Gasteiger partial charge on any atom is 0.114 e. The van der Waals surface area contributed by atoms with Crippen molar-refractivity contribution in [1.29, 1.82) is 0 Å². The fourth-order valence-corrected chi connectivity index (χ4v) is 22.3. The number of rotatable bonds is 53. The summed E-state index contributed by atoms with van der Waals surface area (Å²) in [5, 5.41) is 0. The molecule has 4 heterocycles. The molecule has 0 amide bonds. The van der Waals surface area contributed by atoms with Crippen molar-refractivity contribution >= 4 is 68.2 Å². The maximum atomic E-state index is 5.57. The van der Waals surface area contributed by atoms with Crippen molar-refractivity contribution in [1.82, 2.24) is 17.5 Å². The molecule has 0 unspecified atom stereocenters. The van der Waals surface area contributed by atoms with Gasteiger partial charge in [0.1, 0.15) is 22.1 Å². The van der Waals surface area contributed by atoms with Gasteiger partial charge in [-0.05, 0) is 120 Å². The second-order valence-electron chi connectivity index (χ2n) is 32.1. The first-order valence-corrected chi connectivity index (χ1v) is 44.7. The maximum absolute atomic E-state index is 5.57. The lowest BCUT2D eigenvalue weighted by atomic mass is 9.68. The van der Waals surface area contributed by atoms with Crippen molar-refractivity contribution in [3.63, 3.8) is 0 Å². The molecule has 0 radical (unpaired) electrons. The van der Waals surface area contributed by atoms with E-state index in [0.29, 0.717) is 0 Å². The zero-order valence-electron chi connectivity index (χ0n) is 63.2. The van der Waals surface area contributed by atoms with Gasteiger partial charge in [0.15, 0.2) is 0 Å². The number of unbranched alkanes of at least 4 members (excludes halogenated alkanes) is 44. The minimum absolute atomic E-state index is 0.0236. The summed E-state index contributed by atoms with van der Waals surface area (Å²) >= 11 is 6.94. The average molecular weight is 1390 g/mol. The van der Waals surface area contributed by atoms with Crippen LogP contribution in [-0.2, 0) is 16.2 Å². The van der Waals surface area contributed by atoms with Gasteiger partial charge in [0.05, 0.1) is 23.5 Å². The molecule has 534 valence electrons. The molecule has 0 aliphatic heterocycles. The predicted octanol–water partition coefficient (Wildman–Crippen LogP) is 31.3. The second kappa shape index (κ2) is 39.4. The highest BCUT2D eigenvalue weighted by atomic mass is 32.1. The standard InChI is InChI=1S/C89H134N4S4/c1-9-13-17-21-25-29-33-37-41-45-49-53-57-88(58-54-50-46-42-38-34-30-26-22-18-14-10-2)72-64-70-73(63-69(72)79-74(88)61-67(5)81-83(79)92-96-90-81)89(59-55-51-47-43-39-35-31-27-23-19-15-11-3,60-56-52-48-44-40-36-32-28-24-20-16-12-4)75-65-71(82-84(80(70)75)93-97-91-82)78-66-77-86(95-78)85-76(87(77,7)8)62-68(6)94-85/h61-66H,9-60H2,1-8H3. The molecule has 0 fully saturated rings. The summed E-state index contributed by atoms with van der Waals surface area (Å²) in [7, 11) is 0. The number of thiophene rings is 2. The molecule has 4 nitrogen and oxygen atoms in total. The van der Waals surface area contributed by atoms with Crippen LogP contribution in [0.3, 0.4) is 0 Å². The van der Waals surface area contributed by atoms with Crippen LogP contribution in [0.25, 0.3) is 64.5 Å². The summed E-state index contributed by atoms with van der Waals surface area (Å²) in [6, 6.07) is 16.2. The van der Waals surface area contributed by atoms with Crippen molar-refractivity contribution < 1.29 is 0 Å². The van der Waals surface area contributed by atoms with Gasteiger partial charge in [-0.1, -0.05) is 356 Å². The Hall–Kier alpha value is -3.30. The predicted molar refractivity (Wildman–Crippen MR) is 432 cm³/mol. The highest BCUT2D eigenvalue weighted by molar-refractivity contribution is 7.24. The number of nitrogens with zero attached hydrogens (tertiary/aromatic N) is 4. The van der Waals surface area contributed by atoms with Gasteiger partial charge in [0.2, 0.25) is 0 Å². The summed E-state index contributed by atoms with van der Waals surface area (Å²) in [6.45, 7) is 18.9. The van der Waals surface area contributed by atoms with Gasteiger partial charge in [-0.3, -0.25) is 0 Å². The lowest BCUT2D eigenvalue weighted by Gasteiger charge is -2.35. The normalized spacial score (nSPS) is 14.5. The number of benzene rings is 3. The van der Waals surface area contributed by atoms with Crippen LogP contribution in [-0.4, -0.2) is 17.5 Å². The molecule has 0 bridgehead atoms. The van der Waals surface area contributed by atoms with E-state index < -0.39 is 0 Å². The van der Waals surface area contributed by atoms with E-state index in [1.165, 1.54) is 427 Å². The first-order valence-electron chi connectivity index (χ1n) is 41.6. The van der Waals surface area contributed by atoms with Crippen molar-refractivity contribution in [2.45, 2.75) is 406 Å². The van der Waals surface area contributed by atoms with Gasteiger partial charge in [-0.15, -0.1) is 22.7 Å². The molecule has 4 aromatic heterocycles. The smallest absolute Gasteiger partial charge is 0.114 e. The molecular weight excluding hydrogens is 1250 g/mol. The van der Waals surface area contributed by atoms with Crippen LogP contribution in [0.4, 0.5) is 0 Å². The molecule has 0 saturated heterocycles. The Morgan fingerprint density at radius 1 is 0.278 bits per heavy atom. The number of aryl methyl sites for hydroxylation is 2. The van der Waals surface area contributed by atoms with E-state index in [9.17, 15) is 0 Å². The molecule has 3 aliphatic rings. The van der Waals surface area contributed by atoms with E-state index in [1.807, 2.05) is 22.7 Å². The second-order valence-corrected chi connectivity index (χ2v) is 35.5. The Morgan fingerprint density at radius 2 is 0.567 bits per heavy atom. The Labute approximate surface area is 609 Å².